The Morgan fingerprint density at radius 2 is 2.20 bits per heavy atom. The zero-order valence-electron chi connectivity index (χ0n) is 10.0. The molecule has 3 nitrogen and oxygen atoms in total. The van der Waals surface area contributed by atoms with Crippen LogP contribution in [0.25, 0.3) is 0 Å². The highest BCUT2D eigenvalue weighted by Crippen LogP contribution is 2.52. The predicted octanol–water partition coefficient (Wildman–Crippen LogP) is 1.24. The second-order valence-electron chi connectivity index (χ2n) is 5.41. The average molecular weight is 210 g/mol. The van der Waals surface area contributed by atoms with Gasteiger partial charge in [-0.15, -0.1) is 0 Å². The van der Waals surface area contributed by atoms with Gasteiger partial charge in [0, 0.05) is 13.1 Å². The Morgan fingerprint density at radius 1 is 1.53 bits per heavy atom. The molecule has 0 radical (unpaired) electrons. The first kappa shape index (κ1) is 10.9. The largest absolute Gasteiger partial charge is 0.341 e. The van der Waals surface area contributed by atoms with Gasteiger partial charge in [0.05, 0.1) is 6.04 Å². The average Bonchev–Trinajstić information content (AvgIpc) is 2.90. The second kappa shape index (κ2) is 3.78. The smallest absolute Gasteiger partial charge is 0.239 e. The number of hydrogen-bond acceptors (Lipinski definition) is 2. The van der Waals surface area contributed by atoms with Gasteiger partial charge in [-0.05, 0) is 37.6 Å². The van der Waals surface area contributed by atoms with E-state index in [9.17, 15) is 4.79 Å². The first-order valence-electron chi connectivity index (χ1n) is 6.05. The molecule has 2 fully saturated rings. The minimum Gasteiger partial charge on any atom is -0.341 e. The van der Waals surface area contributed by atoms with Gasteiger partial charge in [0.2, 0.25) is 5.91 Å². The molecule has 1 heterocycles. The molecule has 1 saturated heterocycles. The second-order valence-corrected chi connectivity index (χ2v) is 5.41. The van der Waals surface area contributed by atoms with Crippen LogP contribution >= 0.6 is 0 Å². The molecule has 86 valence electrons. The fourth-order valence-electron chi connectivity index (χ4n) is 2.62. The van der Waals surface area contributed by atoms with E-state index in [2.05, 4.69) is 24.1 Å². The normalized spacial score (nSPS) is 28.9. The maximum absolute atomic E-state index is 11.9. The minimum absolute atomic E-state index is 0.0768. The Morgan fingerprint density at radius 3 is 2.60 bits per heavy atom. The SMILES string of the molecule is CNC1CCN(CC2(C(C)C)CC2)C1=O. The molecular weight excluding hydrogens is 188 g/mol. The lowest BCUT2D eigenvalue weighted by Gasteiger charge is -2.26. The quantitative estimate of drug-likeness (QED) is 0.757. The van der Waals surface area contributed by atoms with E-state index in [1.807, 2.05) is 7.05 Å². The van der Waals surface area contributed by atoms with Gasteiger partial charge in [-0.2, -0.15) is 0 Å². The fourth-order valence-corrected chi connectivity index (χ4v) is 2.62. The Bertz CT molecular complexity index is 258. The first-order chi connectivity index (χ1) is 7.09. The third-order valence-electron chi connectivity index (χ3n) is 4.27. The van der Waals surface area contributed by atoms with Crippen LogP contribution in [0.5, 0.6) is 0 Å². The highest BCUT2D eigenvalue weighted by molar-refractivity contribution is 5.84. The lowest BCUT2D eigenvalue weighted by Crippen LogP contribution is -2.39. The summed E-state index contributed by atoms with van der Waals surface area (Å²) in [5, 5.41) is 3.09. The first-order valence-corrected chi connectivity index (χ1v) is 6.05. The molecule has 1 amide bonds. The number of rotatable bonds is 4. The third kappa shape index (κ3) is 1.89. The summed E-state index contributed by atoms with van der Waals surface area (Å²) in [6, 6.07) is 0.0768. The number of likely N-dealkylation sites (tertiary alicyclic amines) is 1. The van der Waals surface area contributed by atoms with Gasteiger partial charge in [-0.3, -0.25) is 4.79 Å². The van der Waals surface area contributed by atoms with Crippen molar-refractivity contribution in [1.29, 1.82) is 0 Å². The fraction of sp³-hybridized carbons (Fsp3) is 0.917. The molecule has 0 aromatic carbocycles. The molecule has 3 heteroatoms. The summed E-state index contributed by atoms with van der Waals surface area (Å²) in [5.74, 6) is 1.02. The van der Waals surface area contributed by atoms with E-state index < -0.39 is 0 Å². The van der Waals surface area contributed by atoms with Gasteiger partial charge in [0.1, 0.15) is 0 Å². The molecular formula is C12H22N2O. The monoisotopic (exact) mass is 210 g/mol. The summed E-state index contributed by atoms with van der Waals surface area (Å²) in [7, 11) is 1.88. The Hall–Kier alpha value is -0.570. The standard InChI is InChI=1S/C12H22N2O/c1-9(2)12(5-6-12)8-14-7-4-10(13-3)11(14)15/h9-10,13H,4-8H2,1-3H3. The number of likely N-dealkylation sites (N-methyl/N-ethyl adjacent to an activating group) is 1. The zero-order chi connectivity index (χ0) is 11.1. The third-order valence-corrected chi connectivity index (χ3v) is 4.27. The van der Waals surface area contributed by atoms with E-state index in [0.29, 0.717) is 17.2 Å². The summed E-state index contributed by atoms with van der Waals surface area (Å²) >= 11 is 0. The molecule has 1 saturated carbocycles. The number of nitrogens with one attached hydrogen (secondary N) is 1. The number of carbonyl (C=O) groups excluding carboxylic acids is 1. The summed E-state index contributed by atoms with van der Waals surface area (Å²) in [5.41, 5.74) is 0.457. The van der Waals surface area contributed by atoms with E-state index in [4.69, 9.17) is 0 Å². The van der Waals surface area contributed by atoms with E-state index in [-0.39, 0.29) is 6.04 Å². The maximum atomic E-state index is 11.9. The molecule has 0 spiro atoms. The van der Waals surface area contributed by atoms with Crippen LogP contribution < -0.4 is 5.32 Å². The molecule has 2 rings (SSSR count). The Labute approximate surface area is 92.2 Å². The minimum atomic E-state index is 0.0768. The topological polar surface area (TPSA) is 32.3 Å². The number of amides is 1. The molecule has 15 heavy (non-hydrogen) atoms. The highest BCUT2D eigenvalue weighted by atomic mass is 16.2. The van der Waals surface area contributed by atoms with Crippen LogP contribution in [0, 0.1) is 11.3 Å². The lowest BCUT2D eigenvalue weighted by atomic mass is 9.92. The van der Waals surface area contributed by atoms with Crippen molar-refractivity contribution in [2.24, 2.45) is 11.3 Å². The molecule has 0 aromatic rings. The molecule has 0 bridgehead atoms. The van der Waals surface area contributed by atoms with Crippen molar-refractivity contribution in [3.63, 3.8) is 0 Å². The van der Waals surface area contributed by atoms with Gasteiger partial charge in [-0.25, -0.2) is 0 Å². The van der Waals surface area contributed by atoms with Crippen molar-refractivity contribution >= 4 is 5.91 Å². The van der Waals surface area contributed by atoms with E-state index in [1.54, 1.807) is 0 Å². The van der Waals surface area contributed by atoms with Gasteiger partial charge < -0.3 is 10.2 Å². The number of nitrogens with zero attached hydrogens (tertiary/aromatic N) is 1. The van der Waals surface area contributed by atoms with Gasteiger partial charge in [0.25, 0.3) is 0 Å². The van der Waals surface area contributed by atoms with Gasteiger partial charge in [-0.1, -0.05) is 13.8 Å². The van der Waals surface area contributed by atoms with Crippen molar-refractivity contribution in [2.45, 2.75) is 39.2 Å². The van der Waals surface area contributed by atoms with E-state index in [0.717, 1.165) is 19.5 Å². The van der Waals surface area contributed by atoms with Crippen LogP contribution in [0.4, 0.5) is 0 Å². The van der Waals surface area contributed by atoms with Gasteiger partial charge in [0.15, 0.2) is 0 Å². The van der Waals surface area contributed by atoms with Crippen molar-refractivity contribution in [3.05, 3.63) is 0 Å². The van der Waals surface area contributed by atoms with Crippen LogP contribution in [0.15, 0.2) is 0 Å². The summed E-state index contributed by atoms with van der Waals surface area (Å²) < 4.78 is 0. The molecule has 2 aliphatic rings. The predicted molar refractivity (Wildman–Crippen MR) is 60.5 cm³/mol. The van der Waals surface area contributed by atoms with Crippen molar-refractivity contribution in [3.8, 4) is 0 Å². The molecule has 1 aliphatic heterocycles. The zero-order valence-corrected chi connectivity index (χ0v) is 10.0. The van der Waals surface area contributed by atoms with Crippen molar-refractivity contribution in [2.75, 3.05) is 20.1 Å². The Kier molecular flexibility index (Phi) is 2.75. The van der Waals surface area contributed by atoms with Crippen molar-refractivity contribution in [1.82, 2.24) is 10.2 Å². The van der Waals surface area contributed by atoms with Crippen LogP contribution in [-0.4, -0.2) is 37.0 Å². The summed E-state index contributed by atoms with van der Waals surface area (Å²) in [4.78, 5) is 14.0. The maximum Gasteiger partial charge on any atom is 0.239 e. The summed E-state index contributed by atoms with van der Waals surface area (Å²) in [6.45, 7) is 6.49. The van der Waals surface area contributed by atoms with E-state index in [1.165, 1.54) is 12.8 Å². The van der Waals surface area contributed by atoms with Crippen LogP contribution in [0.2, 0.25) is 0 Å². The molecule has 1 aliphatic carbocycles. The molecule has 1 atom stereocenters. The number of carbonyl (C=O) groups is 1. The van der Waals surface area contributed by atoms with Crippen LogP contribution in [-0.2, 0) is 4.79 Å². The highest BCUT2D eigenvalue weighted by Gasteiger charge is 2.48. The Balaban J connectivity index is 1.94. The molecule has 1 N–H and O–H groups in total. The summed E-state index contributed by atoms with van der Waals surface area (Å²) in [6.07, 6.45) is 3.58. The van der Waals surface area contributed by atoms with Gasteiger partial charge >= 0.3 is 0 Å². The van der Waals surface area contributed by atoms with E-state index >= 15 is 0 Å². The van der Waals surface area contributed by atoms with Crippen LogP contribution in [0.1, 0.15) is 33.1 Å². The lowest BCUT2D eigenvalue weighted by molar-refractivity contribution is -0.130. The molecule has 0 aromatic heterocycles. The van der Waals surface area contributed by atoms with Crippen LogP contribution in [0.3, 0.4) is 0 Å². The number of hydrogen-bond donors (Lipinski definition) is 1. The molecule has 1 unspecified atom stereocenters. The van der Waals surface area contributed by atoms with Crippen molar-refractivity contribution < 1.29 is 4.79 Å².